The molecule has 2 fully saturated rings. The number of rotatable bonds is 3. The monoisotopic (exact) mass is 346 g/mol. The first kappa shape index (κ1) is 18.1. The van der Waals surface area contributed by atoms with Gasteiger partial charge >= 0.3 is 0 Å². The minimum Gasteiger partial charge on any atom is -0.372 e. The van der Waals surface area contributed by atoms with Crippen LogP contribution in [0.25, 0.3) is 0 Å². The molecule has 0 saturated carbocycles. The average Bonchev–Trinajstić information content (AvgIpc) is 2.79. The normalized spacial score (nSPS) is 25.7. The van der Waals surface area contributed by atoms with Gasteiger partial charge in [0.05, 0.1) is 18.8 Å². The highest BCUT2D eigenvalue weighted by Crippen LogP contribution is 2.17. The van der Waals surface area contributed by atoms with Gasteiger partial charge in [-0.3, -0.25) is 14.7 Å². The number of ether oxygens (including phenoxy) is 1. The van der Waals surface area contributed by atoms with Gasteiger partial charge in [0, 0.05) is 56.8 Å². The second-order valence-corrected chi connectivity index (χ2v) is 7.33. The molecule has 1 amide bonds. The number of morpholine rings is 1. The molecule has 0 aliphatic carbocycles. The van der Waals surface area contributed by atoms with Crippen LogP contribution in [-0.2, 0) is 9.53 Å². The first-order chi connectivity index (χ1) is 12.0. The molecule has 1 aromatic rings. The lowest BCUT2D eigenvalue weighted by Crippen LogP contribution is -2.51. The molecule has 0 radical (unpaired) electrons. The van der Waals surface area contributed by atoms with E-state index in [1.165, 1.54) is 5.69 Å². The van der Waals surface area contributed by atoms with Crippen molar-refractivity contribution in [1.29, 1.82) is 0 Å². The van der Waals surface area contributed by atoms with Crippen molar-refractivity contribution in [1.82, 2.24) is 14.8 Å². The van der Waals surface area contributed by atoms with Gasteiger partial charge in [0.15, 0.2) is 0 Å². The van der Waals surface area contributed by atoms with Crippen LogP contribution in [0.15, 0.2) is 18.3 Å². The molecule has 1 aromatic heterocycles. The maximum Gasteiger partial charge on any atom is 0.236 e. The average molecular weight is 346 g/mol. The van der Waals surface area contributed by atoms with E-state index in [9.17, 15) is 4.79 Å². The molecule has 2 saturated heterocycles. The van der Waals surface area contributed by atoms with Crippen molar-refractivity contribution in [2.24, 2.45) is 0 Å². The number of anilines is 1. The van der Waals surface area contributed by atoms with Gasteiger partial charge in [-0.05, 0) is 39.3 Å². The molecule has 2 aliphatic heterocycles. The smallest absolute Gasteiger partial charge is 0.236 e. The second-order valence-electron chi connectivity index (χ2n) is 7.33. The first-order valence-corrected chi connectivity index (χ1v) is 9.34. The summed E-state index contributed by atoms with van der Waals surface area (Å²) in [5.74, 6) is 0.232. The number of aromatic nitrogens is 1. The van der Waals surface area contributed by atoms with Crippen LogP contribution < -0.4 is 4.90 Å². The standard InChI is InChI=1S/C19H30N4O2/c1-15-11-18(5-6-20-15)22-8-4-7-21(9-10-22)14-19(24)23-12-16(2)25-17(3)13-23/h5-6,11,16-17H,4,7-10,12-14H2,1-3H3/t16-,17+. The molecule has 6 heteroatoms. The Balaban J connectivity index is 1.53. The topological polar surface area (TPSA) is 48.9 Å². The maximum absolute atomic E-state index is 12.7. The zero-order valence-electron chi connectivity index (χ0n) is 15.6. The molecule has 6 nitrogen and oxygen atoms in total. The molecule has 3 rings (SSSR count). The number of amides is 1. The minimum absolute atomic E-state index is 0.127. The summed E-state index contributed by atoms with van der Waals surface area (Å²) in [6, 6.07) is 4.21. The molecular formula is C19H30N4O2. The van der Waals surface area contributed by atoms with E-state index in [1.54, 1.807) is 0 Å². The Kier molecular flexibility index (Phi) is 5.91. The Morgan fingerprint density at radius 3 is 2.68 bits per heavy atom. The predicted octanol–water partition coefficient (Wildman–Crippen LogP) is 1.54. The van der Waals surface area contributed by atoms with Crippen molar-refractivity contribution in [3.63, 3.8) is 0 Å². The van der Waals surface area contributed by atoms with Crippen LogP contribution in [0.2, 0.25) is 0 Å². The van der Waals surface area contributed by atoms with Crippen molar-refractivity contribution in [3.05, 3.63) is 24.0 Å². The molecular weight excluding hydrogens is 316 g/mol. The molecule has 138 valence electrons. The van der Waals surface area contributed by atoms with Crippen molar-refractivity contribution < 1.29 is 9.53 Å². The Bertz CT molecular complexity index is 585. The fourth-order valence-electron chi connectivity index (χ4n) is 3.79. The van der Waals surface area contributed by atoms with E-state index in [0.717, 1.165) is 38.3 Å². The molecule has 2 atom stereocenters. The molecule has 0 aromatic carbocycles. The Labute approximate surface area is 150 Å². The summed E-state index contributed by atoms with van der Waals surface area (Å²) in [6.45, 7) is 11.9. The third-order valence-corrected chi connectivity index (χ3v) is 4.97. The van der Waals surface area contributed by atoms with E-state index in [2.05, 4.69) is 26.9 Å². The van der Waals surface area contributed by atoms with Gasteiger partial charge < -0.3 is 14.5 Å². The van der Waals surface area contributed by atoms with Gasteiger partial charge in [-0.2, -0.15) is 0 Å². The number of nitrogens with zero attached hydrogens (tertiary/aromatic N) is 4. The van der Waals surface area contributed by atoms with Crippen molar-refractivity contribution >= 4 is 11.6 Å². The van der Waals surface area contributed by atoms with Crippen LogP contribution >= 0.6 is 0 Å². The minimum atomic E-state index is 0.127. The summed E-state index contributed by atoms with van der Waals surface area (Å²) in [6.07, 6.45) is 3.20. The fourth-order valence-corrected chi connectivity index (χ4v) is 3.79. The van der Waals surface area contributed by atoms with E-state index >= 15 is 0 Å². The molecule has 0 unspecified atom stereocenters. The number of carbonyl (C=O) groups excluding carboxylic acids is 1. The maximum atomic E-state index is 12.7. The third-order valence-electron chi connectivity index (χ3n) is 4.97. The molecule has 2 aliphatic rings. The van der Waals surface area contributed by atoms with Gasteiger partial charge in [0.2, 0.25) is 5.91 Å². The fraction of sp³-hybridized carbons (Fsp3) is 0.684. The number of hydrogen-bond donors (Lipinski definition) is 0. The summed E-state index contributed by atoms with van der Waals surface area (Å²) in [7, 11) is 0. The van der Waals surface area contributed by atoms with E-state index in [0.29, 0.717) is 19.6 Å². The van der Waals surface area contributed by atoms with Crippen LogP contribution in [0.3, 0.4) is 0 Å². The van der Waals surface area contributed by atoms with Gasteiger partial charge in [-0.25, -0.2) is 0 Å². The molecule has 0 spiro atoms. The predicted molar refractivity (Wildman–Crippen MR) is 98.8 cm³/mol. The Morgan fingerprint density at radius 2 is 1.96 bits per heavy atom. The molecule has 0 N–H and O–H groups in total. The van der Waals surface area contributed by atoms with Crippen LogP contribution in [0.5, 0.6) is 0 Å². The highest BCUT2D eigenvalue weighted by Gasteiger charge is 2.27. The van der Waals surface area contributed by atoms with Gasteiger partial charge in [0.1, 0.15) is 0 Å². The summed E-state index contributed by atoms with van der Waals surface area (Å²) in [5.41, 5.74) is 2.28. The van der Waals surface area contributed by atoms with Gasteiger partial charge in [-0.15, -0.1) is 0 Å². The van der Waals surface area contributed by atoms with Crippen LogP contribution in [0, 0.1) is 6.92 Å². The molecule has 25 heavy (non-hydrogen) atoms. The lowest BCUT2D eigenvalue weighted by Gasteiger charge is -2.36. The van der Waals surface area contributed by atoms with Crippen molar-refractivity contribution in [2.45, 2.75) is 39.4 Å². The summed E-state index contributed by atoms with van der Waals surface area (Å²) < 4.78 is 5.73. The third kappa shape index (κ3) is 4.92. The van der Waals surface area contributed by atoms with E-state index in [4.69, 9.17) is 4.74 Å². The van der Waals surface area contributed by atoms with Crippen LogP contribution in [0.4, 0.5) is 5.69 Å². The number of hydrogen-bond acceptors (Lipinski definition) is 5. The van der Waals surface area contributed by atoms with Crippen molar-refractivity contribution in [3.8, 4) is 0 Å². The highest BCUT2D eigenvalue weighted by molar-refractivity contribution is 5.78. The lowest BCUT2D eigenvalue weighted by molar-refractivity contribution is -0.144. The summed E-state index contributed by atoms with van der Waals surface area (Å²) in [5, 5.41) is 0. The second kappa shape index (κ2) is 8.15. The largest absolute Gasteiger partial charge is 0.372 e. The number of pyridine rings is 1. The molecule has 3 heterocycles. The zero-order valence-corrected chi connectivity index (χ0v) is 15.6. The molecule has 0 bridgehead atoms. The quantitative estimate of drug-likeness (QED) is 0.831. The summed E-state index contributed by atoms with van der Waals surface area (Å²) >= 11 is 0. The lowest BCUT2D eigenvalue weighted by atomic mass is 10.2. The Morgan fingerprint density at radius 1 is 1.20 bits per heavy atom. The number of carbonyl (C=O) groups is 1. The van der Waals surface area contributed by atoms with Gasteiger partial charge in [0.25, 0.3) is 0 Å². The zero-order chi connectivity index (χ0) is 17.8. The van der Waals surface area contributed by atoms with E-state index in [1.807, 2.05) is 31.9 Å². The first-order valence-electron chi connectivity index (χ1n) is 9.34. The highest BCUT2D eigenvalue weighted by atomic mass is 16.5. The summed E-state index contributed by atoms with van der Waals surface area (Å²) in [4.78, 5) is 23.6. The van der Waals surface area contributed by atoms with Crippen molar-refractivity contribution in [2.75, 3.05) is 50.7 Å². The van der Waals surface area contributed by atoms with Crippen LogP contribution in [0.1, 0.15) is 26.0 Å². The van der Waals surface area contributed by atoms with E-state index < -0.39 is 0 Å². The Hall–Kier alpha value is -1.66. The SMILES string of the molecule is Cc1cc(N2CCCN(CC(=O)N3C[C@@H](C)O[C@@H](C)C3)CC2)ccn1. The van der Waals surface area contributed by atoms with Gasteiger partial charge in [-0.1, -0.05) is 0 Å². The van der Waals surface area contributed by atoms with Crippen LogP contribution in [-0.4, -0.2) is 78.7 Å². The number of aryl methyl sites for hydroxylation is 1. The van der Waals surface area contributed by atoms with E-state index in [-0.39, 0.29) is 18.1 Å².